The zero-order valence-electron chi connectivity index (χ0n) is 8.04. The van der Waals surface area contributed by atoms with Gasteiger partial charge in [-0.05, 0) is 7.05 Å². The molecule has 0 spiro atoms. The summed E-state index contributed by atoms with van der Waals surface area (Å²) in [7, 11) is 1.85. The van der Waals surface area contributed by atoms with Crippen molar-refractivity contribution in [2.75, 3.05) is 18.6 Å². The van der Waals surface area contributed by atoms with Gasteiger partial charge in [0, 0.05) is 30.0 Å². The maximum atomic E-state index is 11.3. The lowest BCUT2D eigenvalue weighted by atomic mass is 10.2. The molecule has 0 bridgehead atoms. The Morgan fingerprint density at radius 2 is 2.50 bits per heavy atom. The van der Waals surface area contributed by atoms with Crippen LogP contribution in [0.1, 0.15) is 17.4 Å². The van der Waals surface area contributed by atoms with Crippen molar-refractivity contribution in [3.8, 4) is 0 Å². The molecule has 5 heteroatoms. The maximum absolute atomic E-state index is 11.3. The first-order valence-corrected chi connectivity index (χ1v) is 5.77. The van der Waals surface area contributed by atoms with Crippen LogP contribution < -0.4 is 10.9 Å². The summed E-state index contributed by atoms with van der Waals surface area (Å²) >= 11 is 1.89. The summed E-state index contributed by atoms with van der Waals surface area (Å²) in [5.41, 5.74) is 0.778. The van der Waals surface area contributed by atoms with Crippen LogP contribution in [0.5, 0.6) is 0 Å². The van der Waals surface area contributed by atoms with Crippen LogP contribution >= 0.6 is 11.8 Å². The average molecular weight is 211 g/mol. The second-order valence-corrected chi connectivity index (χ2v) is 4.46. The highest BCUT2D eigenvalue weighted by Crippen LogP contribution is 2.31. The largest absolute Gasteiger partial charge is 0.314 e. The molecule has 4 nitrogen and oxygen atoms in total. The predicted octanol–water partition coefficient (Wildman–Crippen LogP) is 0.320. The lowest BCUT2D eigenvalue weighted by molar-refractivity contribution is 0.715. The molecule has 2 N–H and O–H groups in total. The van der Waals surface area contributed by atoms with E-state index < -0.39 is 0 Å². The molecule has 0 radical (unpaired) electrons. The Morgan fingerprint density at radius 1 is 1.71 bits per heavy atom. The number of thioether (sulfide) groups is 1. The van der Waals surface area contributed by atoms with E-state index in [9.17, 15) is 4.79 Å². The summed E-state index contributed by atoms with van der Waals surface area (Å²) in [6.07, 6.45) is 0. The number of hydrogen-bond donors (Lipinski definition) is 2. The molecular formula is C9H13N3OS. The number of aromatic nitrogens is 2. The fourth-order valence-corrected chi connectivity index (χ4v) is 2.17. The monoisotopic (exact) mass is 211 g/mol. The lowest BCUT2D eigenvalue weighted by Crippen LogP contribution is -2.24. The van der Waals surface area contributed by atoms with E-state index in [2.05, 4.69) is 15.3 Å². The topological polar surface area (TPSA) is 57.8 Å². The number of aromatic amines is 1. The van der Waals surface area contributed by atoms with E-state index in [0.717, 1.165) is 23.0 Å². The summed E-state index contributed by atoms with van der Waals surface area (Å²) < 4.78 is 0. The van der Waals surface area contributed by atoms with Crippen LogP contribution in [0.4, 0.5) is 0 Å². The summed E-state index contributed by atoms with van der Waals surface area (Å²) in [6.45, 7) is 0.650. The zero-order chi connectivity index (χ0) is 9.97. The van der Waals surface area contributed by atoms with Gasteiger partial charge in [-0.25, -0.2) is 4.98 Å². The van der Waals surface area contributed by atoms with Crippen molar-refractivity contribution in [1.29, 1.82) is 0 Å². The third kappa shape index (κ3) is 1.99. The average Bonchev–Trinajstić information content (AvgIpc) is 1.99. The van der Waals surface area contributed by atoms with Crippen molar-refractivity contribution in [2.45, 2.75) is 12.5 Å². The molecule has 0 atom stereocenters. The molecule has 76 valence electrons. The van der Waals surface area contributed by atoms with Crippen LogP contribution in [0.3, 0.4) is 0 Å². The van der Waals surface area contributed by atoms with Gasteiger partial charge >= 0.3 is 0 Å². The Balaban J connectivity index is 2.26. The summed E-state index contributed by atoms with van der Waals surface area (Å²) in [6, 6.07) is 1.55. The van der Waals surface area contributed by atoms with E-state index in [-0.39, 0.29) is 5.56 Å². The van der Waals surface area contributed by atoms with Crippen molar-refractivity contribution in [3.63, 3.8) is 0 Å². The van der Waals surface area contributed by atoms with Gasteiger partial charge in [-0.3, -0.25) is 4.79 Å². The highest BCUT2D eigenvalue weighted by Gasteiger charge is 2.22. The Hall–Kier alpha value is -0.810. The fraction of sp³-hybridized carbons (Fsp3) is 0.556. The molecule has 1 aromatic heterocycles. The molecular weight excluding hydrogens is 198 g/mol. The third-order valence-corrected chi connectivity index (χ3v) is 3.47. The van der Waals surface area contributed by atoms with E-state index in [1.54, 1.807) is 6.07 Å². The smallest absolute Gasteiger partial charge is 0.251 e. The molecule has 0 aromatic carbocycles. The molecule has 2 rings (SSSR count). The first-order chi connectivity index (χ1) is 6.79. The molecule has 0 unspecified atom stereocenters. The standard InChI is InChI=1S/C9H13N3OS/c1-10-3-7-2-8(13)12-9(11-7)6-4-14-5-6/h2,6,10H,3-5H2,1H3,(H,11,12,13). The first-order valence-electron chi connectivity index (χ1n) is 4.62. The lowest BCUT2D eigenvalue weighted by Gasteiger charge is -2.23. The summed E-state index contributed by atoms with van der Waals surface area (Å²) in [5.74, 6) is 3.45. The fourth-order valence-electron chi connectivity index (χ4n) is 1.39. The van der Waals surface area contributed by atoms with Crippen LogP contribution in [-0.2, 0) is 6.54 Å². The molecule has 1 saturated heterocycles. The van der Waals surface area contributed by atoms with E-state index in [1.165, 1.54) is 0 Å². The van der Waals surface area contributed by atoms with Crippen molar-refractivity contribution < 1.29 is 0 Å². The van der Waals surface area contributed by atoms with Crippen molar-refractivity contribution in [1.82, 2.24) is 15.3 Å². The minimum Gasteiger partial charge on any atom is -0.314 e. The number of H-pyrrole nitrogens is 1. The Morgan fingerprint density at radius 3 is 3.07 bits per heavy atom. The molecule has 0 amide bonds. The number of hydrogen-bond acceptors (Lipinski definition) is 4. The minimum atomic E-state index is -0.0443. The second-order valence-electron chi connectivity index (χ2n) is 3.39. The van der Waals surface area contributed by atoms with Gasteiger partial charge in [0.1, 0.15) is 5.82 Å². The van der Waals surface area contributed by atoms with Crippen LogP contribution in [0.15, 0.2) is 10.9 Å². The van der Waals surface area contributed by atoms with E-state index in [0.29, 0.717) is 12.5 Å². The van der Waals surface area contributed by atoms with Gasteiger partial charge in [-0.1, -0.05) is 0 Å². The van der Waals surface area contributed by atoms with E-state index >= 15 is 0 Å². The van der Waals surface area contributed by atoms with Gasteiger partial charge in [0.05, 0.1) is 5.69 Å². The highest BCUT2D eigenvalue weighted by atomic mass is 32.2. The van der Waals surface area contributed by atoms with Crippen molar-refractivity contribution in [3.05, 3.63) is 27.9 Å². The molecule has 1 aromatic rings. The van der Waals surface area contributed by atoms with Gasteiger partial charge in [0.15, 0.2) is 0 Å². The Kier molecular flexibility index (Phi) is 2.88. The van der Waals surface area contributed by atoms with Crippen LogP contribution in [0.2, 0.25) is 0 Å². The quantitative estimate of drug-likeness (QED) is 0.756. The molecule has 1 fully saturated rings. The molecule has 0 saturated carbocycles. The van der Waals surface area contributed by atoms with E-state index in [4.69, 9.17) is 0 Å². The van der Waals surface area contributed by atoms with Gasteiger partial charge in [-0.2, -0.15) is 11.8 Å². The van der Waals surface area contributed by atoms with Gasteiger partial charge in [0.25, 0.3) is 5.56 Å². The van der Waals surface area contributed by atoms with Crippen LogP contribution in [-0.4, -0.2) is 28.5 Å². The SMILES string of the molecule is CNCc1cc(=O)[nH]c(C2CSC2)n1. The molecule has 1 aliphatic heterocycles. The predicted molar refractivity (Wildman–Crippen MR) is 57.7 cm³/mol. The molecule has 0 aliphatic carbocycles. The summed E-state index contributed by atoms with van der Waals surface area (Å²) in [4.78, 5) is 18.5. The van der Waals surface area contributed by atoms with Crippen LogP contribution in [0.25, 0.3) is 0 Å². The third-order valence-electron chi connectivity index (χ3n) is 2.20. The Labute approximate surface area is 86.5 Å². The summed E-state index contributed by atoms with van der Waals surface area (Å²) in [5, 5.41) is 2.99. The number of nitrogens with zero attached hydrogens (tertiary/aromatic N) is 1. The van der Waals surface area contributed by atoms with Gasteiger partial charge in [0.2, 0.25) is 0 Å². The van der Waals surface area contributed by atoms with Crippen LogP contribution in [0, 0.1) is 0 Å². The van der Waals surface area contributed by atoms with E-state index in [1.807, 2.05) is 18.8 Å². The number of rotatable bonds is 3. The van der Waals surface area contributed by atoms with Gasteiger partial charge in [-0.15, -0.1) is 0 Å². The Bertz CT molecular complexity index is 373. The normalized spacial score (nSPS) is 16.6. The van der Waals surface area contributed by atoms with Gasteiger partial charge < -0.3 is 10.3 Å². The molecule has 2 heterocycles. The first kappa shape index (κ1) is 9.73. The molecule has 14 heavy (non-hydrogen) atoms. The minimum absolute atomic E-state index is 0.0443. The maximum Gasteiger partial charge on any atom is 0.251 e. The zero-order valence-corrected chi connectivity index (χ0v) is 8.86. The van der Waals surface area contributed by atoms with Crippen molar-refractivity contribution >= 4 is 11.8 Å². The molecule has 1 aliphatic rings. The second kappa shape index (κ2) is 4.14. The number of nitrogens with one attached hydrogen (secondary N) is 2. The van der Waals surface area contributed by atoms with Crippen molar-refractivity contribution in [2.24, 2.45) is 0 Å². The highest BCUT2D eigenvalue weighted by molar-refractivity contribution is 8.00.